The molecule has 2 rings (SSSR count). The molecule has 0 saturated carbocycles. The van der Waals surface area contributed by atoms with Gasteiger partial charge in [-0.15, -0.1) is 0 Å². The first kappa shape index (κ1) is 9.92. The molecule has 2 aromatic rings. The van der Waals surface area contributed by atoms with Gasteiger partial charge < -0.3 is 9.84 Å². The van der Waals surface area contributed by atoms with Crippen molar-refractivity contribution in [2.45, 2.75) is 20.0 Å². The Morgan fingerprint density at radius 2 is 2.20 bits per heavy atom. The van der Waals surface area contributed by atoms with Gasteiger partial charge in [0.15, 0.2) is 0 Å². The average Bonchev–Trinajstić information content (AvgIpc) is 2.76. The van der Waals surface area contributed by atoms with E-state index in [4.69, 9.17) is 4.52 Å². The first-order chi connectivity index (χ1) is 7.24. The fourth-order valence-corrected chi connectivity index (χ4v) is 1.38. The van der Waals surface area contributed by atoms with Crippen LogP contribution in [0, 0.1) is 6.92 Å². The molecule has 5 nitrogen and oxygen atoms in total. The highest BCUT2D eigenvalue weighted by atomic mass is 16.5. The van der Waals surface area contributed by atoms with E-state index in [9.17, 15) is 0 Å². The molecular formula is C10H14N4O. The number of aromatic nitrogens is 3. The molecule has 5 heteroatoms. The van der Waals surface area contributed by atoms with Crippen molar-refractivity contribution >= 4 is 0 Å². The summed E-state index contributed by atoms with van der Waals surface area (Å²) in [6.45, 7) is 3.33. The molecule has 15 heavy (non-hydrogen) atoms. The number of hydrogen-bond acceptors (Lipinski definition) is 4. The minimum absolute atomic E-state index is 0.702. The van der Waals surface area contributed by atoms with Gasteiger partial charge in [-0.1, -0.05) is 5.16 Å². The largest absolute Gasteiger partial charge is 0.361 e. The SMILES string of the molecule is Cc1cc(CNCc2ccn(C)n2)no1. The summed E-state index contributed by atoms with van der Waals surface area (Å²) in [7, 11) is 1.91. The molecule has 2 aromatic heterocycles. The molecule has 0 fully saturated rings. The predicted octanol–water partition coefficient (Wildman–Crippen LogP) is 1.01. The minimum atomic E-state index is 0.702. The second-order valence-electron chi connectivity index (χ2n) is 3.51. The molecule has 0 unspecified atom stereocenters. The topological polar surface area (TPSA) is 55.9 Å². The van der Waals surface area contributed by atoms with Gasteiger partial charge in [-0.3, -0.25) is 4.68 Å². The Morgan fingerprint density at radius 1 is 1.40 bits per heavy atom. The molecule has 0 spiro atoms. The molecule has 0 aliphatic carbocycles. The van der Waals surface area contributed by atoms with E-state index >= 15 is 0 Å². The molecule has 0 amide bonds. The van der Waals surface area contributed by atoms with Crippen LogP contribution in [0.25, 0.3) is 0 Å². The normalized spacial score (nSPS) is 10.8. The quantitative estimate of drug-likeness (QED) is 0.811. The first-order valence-corrected chi connectivity index (χ1v) is 4.85. The molecule has 0 aromatic carbocycles. The summed E-state index contributed by atoms with van der Waals surface area (Å²) in [5, 5.41) is 11.4. The van der Waals surface area contributed by atoms with E-state index in [0.717, 1.165) is 23.7 Å². The van der Waals surface area contributed by atoms with Crippen molar-refractivity contribution in [1.29, 1.82) is 0 Å². The number of nitrogens with zero attached hydrogens (tertiary/aromatic N) is 3. The van der Waals surface area contributed by atoms with E-state index in [1.165, 1.54) is 0 Å². The Morgan fingerprint density at radius 3 is 2.80 bits per heavy atom. The third kappa shape index (κ3) is 2.66. The minimum Gasteiger partial charge on any atom is -0.361 e. The van der Waals surface area contributed by atoms with E-state index in [1.54, 1.807) is 4.68 Å². The molecule has 0 saturated heterocycles. The molecule has 0 atom stereocenters. The Hall–Kier alpha value is -1.62. The van der Waals surface area contributed by atoms with Gasteiger partial charge in [-0.25, -0.2) is 0 Å². The second kappa shape index (κ2) is 4.27. The average molecular weight is 206 g/mol. The van der Waals surface area contributed by atoms with E-state index in [-0.39, 0.29) is 0 Å². The monoisotopic (exact) mass is 206 g/mol. The van der Waals surface area contributed by atoms with Crippen LogP contribution in [0.4, 0.5) is 0 Å². The summed E-state index contributed by atoms with van der Waals surface area (Å²) < 4.78 is 6.75. The van der Waals surface area contributed by atoms with Gasteiger partial charge in [0.25, 0.3) is 0 Å². The second-order valence-corrected chi connectivity index (χ2v) is 3.51. The van der Waals surface area contributed by atoms with Crippen LogP contribution in [-0.2, 0) is 20.1 Å². The molecule has 0 aliphatic heterocycles. The van der Waals surface area contributed by atoms with Crippen molar-refractivity contribution in [3.8, 4) is 0 Å². The summed E-state index contributed by atoms with van der Waals surface area (Å²) >= 11 is 0. The lowest BCUT2D eigenvalue weighted by Gasteiger charge is -1.97. The van der Waals surface area contributed by atoms with Crippen LogP contribution in [0.5, 0.6) is 0 Å². The maximum absolute atomic E-state index is 4.96. The summed E-state index contributed by atoms with van der Waals surface area (Å²) in [5.74, 6) is 0.838. The van der Waals surface area contributed by atoms with Crippen molar-refractivity contribution in [3.63, 3.8) is 0 Å². The Labute approximate surface area is 88.1 Å². The zero-order chi connectivity index (χ0) is 10.7. The number of nitrogens with one attached hydrogen (secondary N) is 1. The van der Waals surface area contributed by atoms with Crippen LogP contribution in [0.15, 0.2) is 22.9 Å². The van der Waals surface area contributed by atoms with E-state index in [1.807, 2.05) is 32.3 Å². The van der Waals surface area contributed by atoms with E-state index in [0.29, 0.717) is 6.54 Å². The zero-order valence-electron chi connectivity index (χ0n) is 8.90. The van der Waals surface area contributed by atoms with Gasteiger partial charge in [0, 0.05) is 32.4 Å². The number of rotatable bonds is 4. The standard InChI is InChI=1S/C10H14N4O/c1-8-5-10(13-15-8)7-11-6-9-3-4-14(2)12-9/h3-5,11H,6-7H2,1-2H3. The molecule has 0 radical (unpaired) electrons. The maximum atomic E-state index is 4.96. The molecule has 1 N–H and O–H groups in total. The summed E-state index contributed by atoms with van der Waals surface area (Å²) in [6, 6.07) is 3.91. The first-order valence-electron chi connectivity index (χ1n) is 4.85. The van der Waals surface area contributed by atoms with Gasteiger partial charge >= 0.3 is 0 Å². The Kier molecular flexibility index (Phi) is 2.82. The van der Waals surface area contributed by atoms with Gasteiger partial charge in [0.05, 0.1) is 11.4 Å². The molecular weight excluding hydrogens is 192 g/mol. The maximum Gasteiger partial charge on any atom is 0.133 e. The lowest BCUT2D eigenvalue weighted by molar-refractivity contribution is 0.388. The number of aryl methyl sites for hydroxylation is 2. The summed E-state index contributed by atoms with van der Waals surface area (Å²) in [5.41, 5.74) is 1.95. The van der Waals surface area contributed by atoms with Crippen LogP contribution in [0.1, 0.15) is 17.1 Å². The molecule has 2 heterocycles. The molecule has 0 aliphatic rings. The van der Waals surface area contributed by atoms with Crippen molar-refractivity contribution < 1.29 is 4.52 Å². The smallest absolute Gasteiger partial charge is 0.133 e. The highest BCUT2D eigenvalue weighted by Gasteiger charge is 2.00. The van der Waals surface area contributed by atoms with Crippen LogP contribution in [-0.4, -0.2) is 14.9 Å². The van der Waals surface area contributed by atoms with Crippen LogP contribution in [0.2, 0.25) is 0 Å². The lowest BCUT2D eigenvalue weighted by atomic mass is 10.3. The molecule has 80 valence electrons. The van der Waals surface area contributed by atoms with Crippen molar-refractivity contribution in [2.75, 3.05) is 0 Å². The highest BCUT2D eigenvalue weighted by Crippen LogP contribution is 2.01. The predicted molar refractivity (Wildman–Crippen MR) is 55.0 cm³/mol. The van der Waals surface area contributed by atoms with E-state index in [2.05, 4.69) is 15.6 Å². The molecule has 0 bridgehead atoms. The fraction of sp³-hybridized carbons (Fsp3) is 0.400. The highest BCUT2D eigenvalue weighted by molar-refractivity contribution is 5.04. The number of hydrogen-bond donors (Lipinski definition) is 1. The zero-order valence-corrected chi connectivity index (χ0v) is 8.90. The lowest BCUT2D eigenvalue weighted by Crippen LogP contribution is -2.13. The van der Waals surface area contributed by atoms with Crippen molar-refractivity contribution in [1.82, 2.24) is 20.3 Å². The van der Waals surface area contributed by atoms with Gasteiger partial charge in [-0.2, -0.15) is 5.10 Å². The van der Waals surface area contributed by atoms with Crippen molar-refractivity contribution in [2.24, 2.45) is 7.05 Å². The van der Waals surface area contributed by atoms with Crippen LogP contribution < -0.4 is 5.32 Å². The summed E-state index contributed by atoms with van der Waals surface area (Å²) in [6.07, 6.45) is 1.93. The van der Waals surface area contributed by atoms with Gasteiger partial charge in [-0.05, 0) is 13.0 Å². The van der Waals surface area contributed by atoms with Crippen LogP contribution >= 0.6 is 0 Å². The fourth-order valence-electron chi connectivity index (χ4n) is 1.38. The van der Waals surface area contributed by atoms with Gasteiger partial charge in [0.2, 0.25) is 0 Å². The Balaban J connectivity index is 1.80. The van der Waals surface area contributed by atoms with E-state index < -0.39 is 0 Å². The Bertz CT molecular complexity index is 392. The van der Waals surface area contributed by atoms with Gasteiger partial charge in [0.1, 0.15) is 5.76 Å². The summed E-state index contributed by atoms with van der Waals surface area (Å²) in [4.78, 5) is 0. The van der Waals surface area contributed by atoms with Crippen molar-refractivity contribution in [3.05, 3.63) is 35.5 Å². The van der Waals surface area contributed by atoms with Crippen LogP contribution in [0.3, 0.4) is 0 Å². The third-order valence-electron chi connectivity index (χ3n) is 2.06. The third-order valence-corrected chi connectivity index (χ3v) is 2.06.